The third kappa shape index (κ3) is 3.33. The first-order valence-electron chi connectivity index (χ1n) is 6.37. The Labute approximate surface area is 124 Å². The normalized spacial score (nSPS) is 18.7. The molecular formula is C14H18Cl3N. The summed E-state index contributed by atoms with van der Waals surface area (Å²) in [5.74, 6) is 1.64. The van der Waals surface area contributed by atoms with Crippen molar-refractivity contribution in [2.24, 2.45) is 11.8 Å². The largest absolute Gasteiger partial charge is 0.310 e. The molecule has 1 aromatic rings. The molecule has 1 aliphatic carbocycles. The van der Waals surface area contributed by atoms with E-state index in [1.165, 1.54) is 12.8 Å². The van der Waals surface area contributed by atoms with Crippen LogP contribution < -0.4 is 5.32 Å². The molecule has 1 saturated carbocycles. The van der Waals surface area contributed by atoms with Crippen LogP contribution in [0.5, 0.6) is 0 Å². The lowest BCUT2D eigenvalue weighted by Crippen LogP contribution is -2.25. The van der Waals surface area contributed by atoms with Gasteiger partial charge in [0.1, 0.15) is 0 Å². The minimum absolute atomic E-state index is 0.188. The molecule has 1 N–H and O–H groups in total. The maximum atomic E-state index is 6.23. The summed E-state index contributed by atoms with van der Waals surface area (Å²) in [7, 11) is 0. The quantitative estimate of drug-likeness (QED) is 0.724. The van der Waals surface area contributed by atoms with Gasteiger partial charge < -0.3 is 5.32 Å². The standard InChI is InChI=1S/C14H18Cl3N/c1-8(10-3-4-10)7-18-9(2)11-5-6-12(15)14(17)13(11)16/h5-6,8-10,18H,3-4,7H2,1-2H3. The molecule has 2 atom stereocenters. The highest BCUT2D eigenvalue weighted by Crippen LogP contribution is 2.37. The fourth-order valence-electron chi connectivity index (χ4n) is 2.18. The van der Waals surface area contributed by atoms with Crippen LogP contribution in [0.3, 0.4) is 0 Å². The molecule has 1 nitrogen and oxygen atoms in total. The molecule has 0 heterocycles. The second-order valence-electron chi connectivity index (χ2n) is 5.21. The molecule has 2 rings (SSSR count). The summed E-state index contributed by atoms with van der Waals surface area (Å²) >= 11 is 18.2. The lowest BCUT2D eigenvalue weighted by Gasteiger charge is -2.19. The third-order valence-electron chi connectivity index (χ3n) is 3.70. The molecule has 1 fully saturated rings. The number of hydrogen-bond acceptors (Lipinski definition) is 1. The van der Waals surface area contributed by atoms with Gasteiger partial charge in [-0.3, -0.25) is 0 Å². The summed E-state index contributed by atoms with van der Waals surface area (Å²) in [5.41, 5.74) is 1.01. The van der Waals surface area contributed by atoms with Crippen LogP contribution >= 0.6 is 34.8 Å². The van der Waals surface area contributed by atoms with E-state index in [0.717, 1.165) is 23.9 Å². The molecule has 0 bridgehead atoms. The molecular weight excluding hydrogens is 289 g/mol. The van der Waals surface area contributed by atoms with E-state index in [1.807, 2.05) is 6.07 Å². The van der Waals surface area contributed by atoms with Gasteiger partial charge in [-0.1, -0.05) is 47.8 Å². The Morgan fingerprint density at radius 2 is 1.83 bits per heavy atom. The van der Waals surface area contributed by atoms with E-state index in [-0.39, 0.29) is 6.04 Å². The first kappa shape index (κ1) is 14.5. The fourth-order valence-corrected chi connectivity index (χ4v) is 2.89. The molecule has 18 heavy (non-hydrogen) atoms. The number of benzene rings is 1. The van der Waals surface area contributed by atoms with Crippen molar-refractivity contribution in [2.75, 3.05) is 6.54 Å². The van der Waals surface area contributed by atoms with E-state index in [0.29, 0.717) is 15.1 Å². The van der Waals surface area contributed by atoms with Crippen LogP contribution in [0.2, 0.25) is 15.1 Å². The van der Waals surface area contributed by atoms with Gasteiger partial charge in [0, 0.05) is 6.04 Å². The minimum Gasteiger partial charge on any atom is -0.310 e. The van der Waals surface area contributed by atoms with Crippen molar-refractivity contribution >= 4 is 34.8 Å². The van der Waals surface area contributed by atoms with E-state index in [1.54, 1.807) is 6.07 Å². The first-order chi connectivity index (χ1) is 8.50. The predicted octanol–water partition coefficient (Wildman–Crippen LogP) is 5.34. The Kier molecular flexibility index (Phi) is 4.82. The molecule has 0 aliphatic heterocycles. The summed E-state index contributed by atoms with van der Waals surface area (Å²) in [6, 6.07) is 3.93. The van der Waals surface area contributed by atoms with Gasteiger partial charge in [0.25, 0.3) is 0 Å². The minimum atomic E-state index is 0.188. The number of nitrogens with one attached hydrogen (secondary N) is 1. The van der Waals surface area contributed by atoms with Gasteiger partial charge in [0.05, 0.1) is 15.1 Å². The molecule has 0 amide bonds. The average molecular weight is 307 g/mol. The molecule has 1 aromatic carbocycles. The summed E-state index contributed by atoms with van der Waals surface area (Å²) in [5, 5.41) is 5.03. The van der Waals surface area contributed by atoms with Crippen molar-refractivity contribution in [3.05, 3.63) is 32.8 Å². The molecule has 2 unspecified atom stereocenters. The summed E-state index contributed by atoms with van der Waals surface area (Å²) in [6.07, 6.45) is 2.76. The second kappa shape index (κ2) is 6.00. The smallest absolute Gasteiger partial charge is 0.0781 e. The van der Waals surface area contributed by atoms with E-state index in [4.69, 9.17) is 34.8 Å². The highest BCUT2D eigenvalue weighted by molar-refractivity contribution is 6.48. The summed E-state index contributed by atoms with van der Waals surface area (Å²) < 4.78 is 0. The number of rotatable bonds is 5. The van der Waals surface area contributed by atoms with Crippen LogP contribution in [0, 0.1) is 11.8 Å². The van der Waals surface area contributed by atoms with Crippen LogP contribution in [0.1, 0.15) is 38.3 Å². The maximum absolute atomic E-state index is 6.23. The van der Waals surface area contributed by atoms with Crippen LogP contribution in [-0.2, 0) is 0 Å². The molecule has 0 spiro atoms. The van der Waals surface area contributed by atoms with Gasteiger partial charge >= 0.3 is 0 Å². The van der Waals surface area contributed by atoms with Gasteiger partial charge in [-0.05, 0) is 49.8 Å². The average Bonchev–Trinajstić information content (AvgIpc) is 3.17. The van der Waals surface area contributed by atoms with Gasteiger partial charge in [-0.25, -0.2) is 0 Å². The zero-order valence-electron chi connectivity index (χ0n) is 10.6. The van der Waals surface area contributed by atoms with Crippen molar-refractivity contribution in [2.45, 2.75) is 32.7 Å². The van der Waals surface area contributed by atoms with Crippen LogP contribution in [0.25, 0.3) is 0 Å². The zero-order chi connectivity index (χ0) is 13.3. The number of halogens is 3. The lowest BCUT2D eigenvalue weighted by atomic mass is 10.0. The van der Waals surface area contributed by atoms with Crippen LogP contribution in [-0.4, -0.2) is 6.54 Å². The second-order valence-corrected chi connectivity index (χ2v) is 6.37. The van der Waals surface area contributed by atoms with E-state index < -0.39 is 0 Å². The van der Waals surface area contributed by atoms with Gasteiger partial charge in [-0.2, -0.15) is 0 Å². The molecule has 1 aliphatic rings. The van der Waals surface area contributed by atoms with E-state index in [2.05, 4.69) is 19.2 Å². The Morgan fingerprint density at radius 1 is 1.17 bits per heavy atom. The van der Waals surface area contributed by atoms with Crippen molar-refractivity contribution < 1.29 is 0 Å². The molecule has 100 valence electrons. The summed E-state index contributed by atoms with van der Waals surface area (Å²) in [6.45, 7) is 5.42. The van der Waals surface area contributed by atoms with Crippen LogP contribution in [0.4, 0.5) is 0 Å². The highest BCUT2D eigenvalue weighted by atomic mass is 35.5. The van der Waals surface area contributed by atoms with Gasteiger partial charge in [0.15, 0.2) is 0 Å². The van der Waals surface area contributed by atoms with Gasteiger partial charge in [-0.15, -0.1) is 0 Å². The first-order valence-corrected chi connectivity index (χ1v) is 7.51. The SMILES string of the molecule is CC(NCC(C)C1CC1)c1ccc(Cl)c(Cl)c1Cl. The summed E-state index contributed by atoms with van der Waals surface area (Å²) in [4.78, 5) is 0. The number of hydrogen-bond donors (Lipinski definition) is 1. The Morgan fingerprint density at radius 3 is 2.44 bits per heavy atom. The van der Waals surface area contributed by atoms with Crippen molar-refractivity contribution in [3.63, 3.8) is 0 Å². The Hall–Kier alpha value is 0.0500. The van der Waals surface area contributed by atoms with Gasteiger partial charge in [0.2, 0.25) is 0 Å². The van der Waals surface area contributed by atoms with Crippen molar-refractivity contribution in [3.8, 4) is 0 Å². The molecule has 0 aromatic heterocycles. The third-order valence-corrected chi connectivity index (χ3v) is 5.01. The molecule has 0 radical (unpaired) electrons. The lowest BCUT2D eigenvalue weighted by molar-refractivity contribution is 0.432. The highest BCUT2D eigenvalue weighted by Gasteiger charge is 2.27. The maximum Gasteiger partial charge on any atom is 0.0781 e. The zero-order valence-corrected chi connectivity index (χ0v) is 12.9. The molecule has 4 heteroatoms. The van der Waals surface area contributed by atoms with Crippen LogP contribution in [0.15, 0.2) is 12.1 Å². The Bertz CT molecular complexity index is 429. The van der Waals surface area contributed by atoms with Crippen molar-refractivity contribution in [1.82, 2.24) is 5.32 Å². The predicted molar refractivity (Wildman–Crippen MR) is 79.8 cm³/mol. The fraction of sp³-hybridized carbons (Fsp3) is 0.571. The van der Waals surface area contributed by atoms with Crippen molar-refractivity contribution in [1.29, 1.82) is 0 Å². The van der Waals surface area contributed by atoms with E-state index in [9.17, 15) is 0 Å². The van der Waals surface area contributed by atoms with E-state index >= 15 is 0 Å². The topological polar surface area (TPSA) is 12.0 Å². The molecule has 0 saturated heterocycles. The monoisotopic (exact) mass is 305 g/mol. The Balaban J connectivity index is 1.99.